The van der Waals surface area contributed by atoms with E-state index in [1.165, 1.54) is 5.01 Å². The van der Waals surface area contributed by atoms with Gasteiger partial charge in [-0.25, -0.2) is 9.99 Å². The van der Waals surface area contributed by atoms with E-state index in [9.17, 15) is 9.59 Å². The van der Waals surface area contributed by atoms with Crippen LogP contribution >= 0.6 is 11.3 Å². The second-order valence-corrected chi connectivity index (χ2v) is 6.59. The molecule has 3 heterocycles. The van der Waals surface area contributed by atoms with Crippen molar-refractivity contribution in [2.75, 3.05) is 12.4 Å². The smallest absolute Gasteiger partial charge is 0.271 e. The van der Waals surface area contributed by atoms with Gasteiger partial charge in [0.2, 0.25) is 5.91 Å². The molecular formula is C17H15N5O2S. The van der Waals surface area contributed by atoms with E-state index in [1.54, 1.807) is 18.4 Å². The highest BCUT2D eigenvalue weighted by Gasteiger charge is 2.21. The molecule has 1 aliphatic rings. The van der Waals surface area contributed by atoms with Crippen molar-refractivity contribution in [1.82, 2.24) is 14.4 Å². The summed E-state index contributed by atoms with van der Waals surface area (Å²) in [7, 11) is 1.55. The van der Waals surface area contributed by atoms with Gasteiger partial charge in [-0.3, -0.25) is 14.0 Å². The number of nitrogens with zero attached hydrogens (tertiary/aromatic N) is 4. The van der Waals surface area contributed by atoms with Gasteiger partial charge in [0.25, 0.3) is 5.91 Å². The van der Waals surface area contributed by atoms with E-state index >= 15 is 0 Å². The molecule has 7 nitrogen and oxygen atoms in total. The van der Waals surface area contributed by atoms with Crippen molar-refractivity contribution in [2.45, 2.75) is 12.8 Å². The standard InChI is InChI=1S/C17H15N5O2S/c1-21-15(23)7-6-13(20-21)16(24)18-12-4-2-11(3-5-12)14-10-22-8-9-25-17(22)19-14/h2-5,8-10H,6-7H2,1H3,(H,18,24). The number of hydrogen-bond acceptors (Lipinski definition) is 5. The fourth-order valence-corrected chi connectivity index (χ4v) is 3.33. The van der Waals surface area contributed by atoms with Gasteiger partial charge in [-0.15, -0.1) is 11.3 Å². The number of amides is 2. The largest absolute Gasteiger partial charge is 0.321 e. The van der Waals surface area contributed by atoms with Crippen molar-refractivity contribution >= 4 is 39.5 Å². The van der Waals surface area contributed by atoms with E-state index < -0.39 is 0 Å². The first kappa shape index (κ1) is 15.5. The second-order valence-electron chi connectivity index (χ2n) is 5.71. The summed E-state index contributed by atoms with van der Waals surface area (Å²) < 4.78 is 1.98. The first-order valence-corrected chi connectivity index (χ1v) is 8.66. The zero-order valence-corrected chi connectivity index (χ0v) is 14.3. The molecule has 8 heteroatoms. The number of nitrogens with one attached hydrogen (secondary N) is 1. The monoisotopic (exact) mass is 353 g/mol. The molecule has 0 saturated heterocycles. The van der Waals surface area contributed by atoms with Crippen LogP contribution in [-0.2, 0) is 9.59 Å². The van der Waals surface area contributed by atoms with Crippen LogP contribution in [0.15, 0.2) is 47.1 Å². The lowest BCUT2D eigenvalue weighted by Gasteiger charge is -2.18. The summed E-state index contributed by atoms with van der Waals surface area (Å²) in [6, 6.07) is 7.50. The summed E-state index contributed by atoms with van der Waals surface area (Å²) in [5.74, 6) is -0.365. The molecule has 1 N–H and O–H groups in total. The highest BCUT2D eigenvalue weighted by Crippen LogP contribution is 2.23. The molecule has 0 spiro atoms. The van der Waals surface area contributed by atoms with E-state index in [1.807, 2.05) is 46.4 Å². The lowest BCUT2D eigenvalue weighted by Crippen LogP contribution is -2.34. The maximum absolute atomic E-state index is 12.3. The molecule has 126 valence electrons. The molecule has 1 aromatic carbocycles. The van der Waals surface area contributed by atoms with E-state index in [0.717, 1.165) is 16.2 Å². The number of anilines is 1. The zero-order valence-electron chi connectivity index (χ0n) is 13.5. The minimum absolute atomic E-state index is 0.0825. The van der Waals surface area contributed by atoms with Crippen LogP contribution in [0.2, 0.25) is 0 Å². The third-order valence-corrected chi connectivity index (χ3v) is 4.77. The molecule has 3 aromatic rings. The molecule has 0 aliphatic carbocycles. The SMILES string of the molecule is CN1N=C(C(=O)Nc2ccc(-c3cn4ccsc4n3)cc2)CCC1=O. The Kier molecular flexibility index (Phi) is 3.81. The molecule has 2 amide bonds. The van der Waals surface area contributed by atoms with Gasteiger partial charge in [0.05, 0.1) is 5.69 Å². The zero-order chi connectivity index (χ0) is 17.4. The summed E-state index contributed by atoms with van der Waals surface area (Å²) in [5.41, 5.74) is 2.91. The molecule has 1 aliphatic heterocycles. The first-order chi connectivity index (χ1) is 12.1. The van der Waals surface area contributed by atoms with Crippen LogP contribution in [0.25, 0.3) is 16.2 Å². The van der Waals surface area contributed by atoms with E-state index in [-0.39, 0.29) is 11.8 Å². The summed E-state index contributed by atoms with van der Waals surface area (Å²) >= 11 is 1.58. The van der Waals surface area contributed by atoms with Crippen LogP contribution in [-0.4, -0.2) is 39.0 Å². The number of aromatic nitrogens is 2. The van der Waals surface area contributed by atoms with E-state index in [0.29, 0.717) is 24.2 Å². The van der Waals surface area contributed by atoms with Crippen LogP contribution < -0.4 is 5.32 Å². The molecule has 0 radical (unpaired) electrons. The molecule has 0 bridgehead atoms. The number of thiazole rings is 1. The summed E-state index contributed by atoms with van der Waals surface area (Å²) in [6.07, 6.45) is 4.61. The fraction of sp³-hybridized carbons (Fsp3) is 0.176. The van der Waals surface area contributed by atoms with Gasteiger partial charge < -0.3 is 5.32 Å². The van der Waals surface area contributed by atoms with Gasteiger partial charge >= 0.3 is 0 Å². The predicted octanol–water partition coefficient (Wildman–Crippen LogP) is 2.61. The Labute approximate surface area is 147 Å². The number of benzene rings is 1. The Morgan fingerprint density at radius 1 is 1.24 bits per heavy atom. The number of carbonyl (C=O) groups excluding carboxylic acids is 2. The number of carbonyl (C=O) groups is 2. The van der Waals surface area contributed by atoms with Gasteiger partial charge in [0, 0.05) is 48.9 Å². The molecule has 0 atom stereocenters. The number of hydrazone groups is 1. The number of rotatable bonds is 3. The first-order valence-electron chi connectivity index (χ1n) is 7.78. The van der Waals surface area contributed by atoms with Crippen molar-refractivity contribution < 1.29 is 9.59 Å². The average molecular weight is 353 g/mol. The summed E-state index contributed by atoms with van der Waals surface area (Å²) in [6.45, 7) is 0. The lowest BCUT2D eigenvalue weighted by molar-refractivity contribution is -0.130. The van der Waals surface area contributed by atoms with Crippen molar-refractivity contribution in [3.8, 4) is 11.3 Å². The summed E-state index contributed by atoms with van der Waals surface area (Å²) in [5, 5.41) is 10.0. The molecule has 0 saturated carbocycles. The Morgan fingerprint density at radius 3 is 2.76 bits per heavy atom. The Balaban J connectivity index is 1.49. The quantitative estimate of drug-likeness (QED) is 0.786. The predicted molar refractivity (Wildman–Crippen MR) is 96.6 cm³/mol. The molecule has 0 unspecified atom stereocenters. The number of fused-ring (bicyclic) bond motifs is 1. The lowest BCUT2D eigenvalue weighted by atomic mass is 10.1. The van der Waals surface area contributed by atoms with Crippen LogP contribution in [0.5, 0.6) is 0 Å². The van der Waals surface area contributed by atoms with Gasteiger partial charge in [0.1, 0.15) is 5.71 Å². The number of imidazole rings is 1. The van der Waals surface area contributed by atoms with E-state index in [2.05, 4.69) is 15.4 Å². The summed E-state index contributed by atoms with van der Waals surface area (Å²) in [4.78, 5) is 29.2. The Morgan fingerprint density at radius 2 is 2.04 bits per heavy atom. The van der Waals surface area contributed by atoms with Gasteiger partial charge in [-0.1, -0.05) is 12.1 Å². The van der Waals surface area contributed by atoms with Crippen LogP contribution in [0, 0.1) is 0 Å². The number of hydrogen-bond donors (Lipinski definition) is 1. The third kappa shape index (κ3) is 3.03. The second kappa shape index (κ2) is 6.14. The Bertz CT molecular complexity index is 958. The minimum atomic E-state index is -0.283. The highest BCUT2D eigenvalue weighted by molar-refractivity contribution is 7.15. The minimum Gasteiger partial charge on any atom is -0.321 e. The van der Waals surface area contributed by atoms with E-state index in [4.69, 9.17) is 0 Å². The van der Waals surface area contributed by atoms with Crippen LogP contribution in [0.1, 0.15) is 12.8 Å². The molecule has 4 rings (SSSR count). The normalized spacial score (nSPS) is 14.7. The van der Waals surface area contributed by atoms with Gasteiger partial charge in [0.15, 0.2) is 4.96 Å². The fourth-order valence-electron chi connectivity index (χ4n) is 2.63. The van der Waals surface area contributed by atoms with Crippen molar-refractivity contribution in [1.29, 1.82) is 0 Å². The van der Waals surface area contributed by atoms with Gasteiger partial charge in [-0.2, -0.15) is 5.10 Å². The molecule has 25 heavy (non-hydrogen) atoms. The third-order valence-electron chi connectivity index (χ3n) is 4.00. The topological polar surface area (TPSA) is 79.1 Å². The Hall–Kier alpha value is -3.00. The maximum Gasteiger partial charge on any atom is 0.271 e. The van der Waals surface area contributed by atoms with Gasteiger partial charge in [-0.05, 0) is 12.1 Å². The molecular weight excluding hydrogens is 338 g/mol. The highest BCUT2D eigenvalue weighted by atomic mass is 32.1. The van der Waals surface area contributed by atoms with Crippen molar-refractivity contribution in [2.24, 2.45) is 5.10 Å². The van der Waals surface area contributed by atoms with Crippen molar-refractivity contribution in [3.63, 3.8) is 0 Å². The average Bonchev–Trinajstić information content (AvgIpc) is 3.20. The van der Waals surface area contributed by atoms with Crippen molar-refractivity contribution in [3.05, 3.63) is 42.0 Å². The van der Waals surface area contributed by atoms with Crippen LogP contribution in [0.4, 0.5) is 5.69 Å². The maximum atomic E-state index is 12.3. The van der Waals surface area contributed by atoms with Crippen LogP contribution in [0.3, 0.4) is 0 Å². The molecule has 0 fully saturated rings. The molecule has 2 aromatic heterocycles.